The van der Waals surface area contributed by atoms with Gasteiger partial charge in [0.2, 0.25) is 0 Å². The summed E-state index contributed by atoms with van der Waals surface area (Å²) in [6.45, 7) is 3.81. The summed E-state index contributed by atoms with van der Waals surface area (Å²) < 4.78 is 1.80. The van der Waals surface area contributed by atoms with Gasteiger partial charge in [0.05, 0.1) is 11.4 Å². The summed E-state index contributed by atoms with van der Waals surface area (Å²) in [5.41, 5.74) is 9.59. The molecule has 0 radical (unpaired) electrons. The molecule has 3 N–H and O–H groups in total. The van der Waals surface area contributed by atoms with Crippen molar-refractivity contribution in [3.8, 4) is 0 Å². The minimum Gasteiger partial charge on any atom is -0.397 e. The van der Waals surface area contributed by atoms with Crippen LogP contribution in [-0.4, -0.2) is 5.91 Å². The van der Waals surface area contributed by atoms with Crippen LogP contribution in [0.3, 0.4) is 0 Å². The summed E-state index contributed by atoms with van der Waals surface area (Å²) in [6.07, 6.45) is 0. The van der Waals surface area contributed by atoms with E-state index in [-0.39, 0.29) is 5.91 Å². The molecule has 0 aromatic heterocycles. The minimum atomic E-state index is -0.166. The van der Waals surface area contributed by atoms with Crippen molar-refractivity contribution in [3.05, 3.63) is 56.0 Å². The summed E-state index contributed by atoms with van der Waals surface area (Å²) >= 11 is 6.81. The van der Waals surface area contributed by atoms with Gasteiger partial charge in [-0.3, -0.25) is 4.79 Å². The number of benzene rings is 2. The van der Waals surface area contributed by atoms with Gasteiger partial charge in [-0.25, -0.2) is 0 Å². The Balaban J connectivity index is 2.36. The number of hydrogen-bond donors (Lipinski definition) is 2. The van der Waals surface area contributed by atoms with Crippen molar-refractivity contribution in [3.63, 3.8) is 0 Å². The second-order valence-corrected chi connectivity index (χ2v) is 6.32. The van der Waals surface area contributed by atoms with E-state index in [4.69, 9.17) is 5.73 Å². The highest BCUT2D eigenvalue weighted by Gasteiger charge is 2.14. The third-order valence-corrected chi connectivity index (χ3v) is 4.40. The number of halogens is 2. The van der Waals surface area contributed by atoms with Crippen LogP contribution in [0.25, 0.3) is 0 Å². The quantitative estimate of drug-likeness (QED) is 0.723. The van der Waals surface area contributed by atoms with E-state index in [0.29, 0.717) is 16.9 Å². The number of nitrogens with one attached hydrogen (secondary N) is 1. The molecule has 0 aliphatic carbocycles. The van der Waals surface area contributed by atoms with Crippen molar-refractivity contribution >= 4 is 49.1 Å². The Morgan fingerprint density at radius 3 is 2.55 bits per heavy atom. The van der Waals surface area contributed by atoms with Gasteiger partial charge < -0.3 is 11.1 Å². The first kappa shape index (κ1) is 15.1. The molecule has 3 nitrogen and oxygen atoms in total. The number of hydrogen-bond acceptors (Lipinski definition) is 2. The van der Waals surface area contributed by atoms with Gasteiger partial charge in [-0.05, 0) is 49.2 Å². The zero-order chi connectivity index (χ0) is 14.9. The van der Waals surface area contributed by atoms with Gasteiger partial charge in [-0.15, -0.1) is 0 Å². The van der Waals surface area contributed by atoms with Gasteiger partial charge in [0.15, 0.2) is 0 Å². The highest BCUT2D eigenvalue weighted by Crippen LogP contribution is 2.29. The van der Waals surface area contributed by atoms with Crippen LogP contribution in [0.5, 0.6) is 0 Å². The van der Waals surface area contributed by atoms with Gasteiger partial charge in [-0.2, -0.15) is 0 Å². The molecule has 2 rings (SSSR count). The molecular weight excluding hydrogens is 384 g/mol. The number of carbonyl (C=O) groups is 1. The maximum Gasteiger partial charge on any atom is 0.256 e. The molecule has 5 heteroatoms. The first-order valence-corrected chi connectivity index (χ1v) is 7.61. The van der Waals surface area contributed by atoms with E-state index < -0.39 is 0 Å². The molecule has 0 aliphatic heterocycles. The van der Waals surface area contributed by atoms with Crippen molar-refractivity contribution in [2.45, 2.75) is 13.8 Å². The van der Waals surface area contributed by atoms with Gasteiger partial charge in [0, 0.05) is 14.5 Å². The molecule has 0 saturated carbocycles. The van der Waals surface area contributed by atoms with Crippen LogP contribution >= 0.6 is 31.9 Å². The van der Waals surface area contributed by atoms with Crippen molar-refractivity contribution < 1.29 is 4.79 Å². The zero-order valence-electron chi connectivity index (χ0n) is 11.1. The smallest absolute Gasteiger partial charge is 0.256 e. The van der Waals surface area contributed by atoms with E-state index in [1.807, 2.05) is 32.0 Å². The molecule has 0 fully saturated rings. The lowest BCUT2D eigenvalue weighted by Crippen LogP contribution is -2.15. The number of nitrogens with two attached hydrogens (primary N) is 1. The Kier molecular flexibility index (Phi) is 4.50. The number of nitrogen functional groups attached to an aromatic ring is 1. The fraction of sp³-hybridized carbons (Fsp3) is 0.133. The Morgan fingerprint density at radius 1 is 1.20 bits per heavy atom. The second kappa shape index (κ2) is 5.97. The Labute approximate surface area is 134 Å². The Morgan fingerprint density at radius 2 is 1.90 bits per heavy atom. The summed E-state index contributed by atoms with van der Waals surface area (Å²) in [7, 11) is 0. The maximum atomic E-state index is 12.4. The zero-order valence-corrected chi connectivity index (χ0v) is 14.3. The monoisotopic (exact) mass is 396 g/mol. The van der Waals surface area contributed by atoms with Gasteiger partial charge >= 0.3 is 0 Å². The molecule has 0 heterocycles. The van der Waals surface area contributed by atoms with Crippen molar-refractivity contribution in [2.75, 3.05) is 11.1 Å². The van der Waals surface area contributed by atoms with E-state index in [1.54, 1.807) is 12.1 Å². The molecule has 0 aliphatic rings. The van der Waals surface area contributed by atoms with Crippen LogP contribution in [0.4, 0.5) is 11.4 Å². The summed E-state index contributed by atoms with van der Waals surface area (Å²) in [5, 5.41) is 2.88. The van der Waals surface area contributed by atoms with Crippen molar-refractivity contribution in [1.29, 1.82) is 0 Å². The molecule has 0 spiro atoms. The fourth-order valence-corrected chi connectivity index (χ4v) is 2.93. The lowest BCUT2D eigenvalue weighted by Gasteiger charge is -2.13. The SMILES string of the molecule is Cc1cc(Br)cc(N)c1NC(=O)c1cccc(Br)c1C. The van der Waals surface area contributed by atoms with Gasteiger partial charge in [-0.1, -0.05) is 37.9 Å². The molecule has 1 amide bonds. The van der Waals surface area contributed by atoms with E-state index in [2.05, 4.69) is 37.2 Å². The van der Waals surface area contributed by atoms with Crippen molar-refractivity contribution in [1.82, 2.24) is 0 Å². The maximum absolute atomic E-state index is 12.4. The van der Waals surface area contributed by atoms with Crippen LogP contribution in [0.2, 0.25) is 0 Å². The average Bonchev–Trinajstić information content (AvgIpc) is 2.36. The Bertz CT molecular complexity index is 661. The fourth-order valence-electron chi connectivity index (χ4n) is 1.97. The Hall–Kier alpha value is -1.33. The summed E-state index contributed by atoms with van der Waals surface area (Å²) in [6, 6.07) is 9.23. The topological polar surface area (TPSA) is 55.1 Å². The normalized spacial score (nSPS) is 10.4. The second-order valence-electron chi connectivity index (χ2n) is 4.55. The van der Waals surface area contributed by atoms with Crippen LogP contribution in [0, 0.1) is 13.8 Å². The average molecular weight is 398 g/mol. The predicted molar refractivity (Wildman–Crippen MR) is 90.1 cm³/mol. The molecule has 0 bridgehead atoms. The van der Waals surface area contributed by atoms with Crippen LogP contribution in [0.15, 0.2) is 39.3 Å². The van der Waals surface area contributed by atoms with Gasteiger partial charge in [0.1, 0.15) is 0 Å². The summed E-state index contributed by atoms with van der Waals surface area (Å²) in [4.78, 5) is 12.4. The third-order valence-electron chi connectivity index (χ3n) is 3.08. The van der Waals surface area contributed by atoms with Crippen molar-refractivity contribution in [2.24, 2.45) is 0 Å². The van der Waals surface area contributed by atoms with Crippen LogP contribution in [0.1, 0.15) is 21.5 Å². The van der Waals surface area contributed by atoms with E-state index >= 15 is 0 Å². The minimum absolute atomic E-state index is 0.166. The summed E-state index contributed by atoms with van der Waals surface area (Å²) in [5.74, 6) is -0.166. The number of rotatable bonds is 2. The lowest BCUT2D eigenvalue weighted by atomic mass is 10.1. The van der Waals surface area contributed by atoms with E-state index in [1.165, 1.54) is 0 Å². The first-order chi connectivity index (χ1) is 9.40. The largest absolute Gasteiger partial charge is 0.397 e. The molecule has 2 aromatic rings. The number of aryl methyl sites for hydroxylation is 1. The molecular formula is C15H14Br2N2O. The van der Waals surface area contributed by atoms with Crippen LogP contribution < -0.4 is 11.1 Å². The molecule has 20 heavy (non-hydrogen) atoms. The molecule has 104 valence electrons. The third kappa shape index (κ3) is 3.04. The van der Waals surface area contributed by atoms with E-state index in [0.717, 1.165) is 20.1 Å². The molecule has 2 aromatic carbocycles. The number of amides is 1. The number of anilines is 2. The van der Waals surface area contributed by atoms with E-state index in [9.17, 15) is 4.79 Å². The number of carbonyl (C=O) groups excluding carboxylic acids is 1. The predicted octanol–water partition coefficient (Wildman–Crippen LogP) is 4.66. The van der Waals surface area contributed by atoms with Gasteiger partial charge in [0.25, 0.3) is 5.91 Å². The standard InChI is InChI=1S/C15H14Br2N2O/c1-8-6-10(16)7-13(18)14(8)19-15(20)11-4-3-5-12(17)9(11)2/h3-7H,18H2,1-2H3,(H,19,20). The first-order valence-electron chi connectivity index (χ1n) is 6.02. The molecule has 0 atom stereocenters. The highest BCUT2D eigenvalue weighted by molar-refractivity contribution is 9.10. The molecule has 0 unspecified atom stereocenters. The lowest BCUT2D eigenvalue weighted by molar-refractivity contribution is 0.102. The highest BCUT2D eigenvalue weighted by atomic mass is 79.9. The molecule has 0 saturated heterocycles. The van der Waals surface area contributed by atoms with Crippen LogP contribution in [-0.2, 0) is 0 Å².